The minimum Gasteiger partial charge on any atom is -0.488 e. The molecule has 5 nitrogen and oxygen atoms in total. The summed E-state index contributed by atoms with van der Waals surface area (Å²) >= 11 is 0. The molecule has 2 aromatic rings. The number of anilines is 1. The summed E-state index contributed by atoms with van der Waals surface area (Å²) in [5.74, 6) is -1.68. The maximum absolute atomic E-state index is 12.9. The molecule has 24 heavy (non-hydrogen) atoms. The zero-order valence-corrected chi connectivity index (χ0v) is 13.2. The summed E-state index contributed by atoms with van der Waals surface area (Å²) < 4.78 is 5.40. The second-order valence-corrected chi connectivity index (χ2v) is 5.30. The summed E-state index contributed by atoms with van der Waals surface area (Å²) in [4.78, 5) is 26.2. The number of amides is 1. The smallest absolute Gasteiger partial charge is 0.338 e. The lowest BCUT2D eigenvalue weighted by molar-refractivity contribution is -0.133. The van der Waals surface area contributed by atoms with E-state index in [2.05, 4.69) is 0 Å². The summed E-state index contributed by atoms with van der Waals surface area (Å²) in [7, 11) is 0. The molecule has 0 aliphatic carbocycles. The lowest BCUT2D eigenvalue weighted by atomic mass is 9.99. The van der Waals surface area contributed by atoms with E-state index in [4.69, 9.17) is 4.74 Å². The lowest BCUT2D eigenvalue weighted by Crippen LogP contribution is -2.31. The van der Waals surface area contributed by atoms with Gasteiger partial charge in [-0.1, -0.05) is 48.5 Å². The molecule has 122 valence electrons. The number of para-hydroxylation sites is 1. The molecule has 1 atom stereocenters. The quantitative estimate of drug-likeness (QED) is 0.918. The van der Waals surface area contributed by atoms with Gasteiger partial charge in [0.25, 0.3) is 5.91 Å². The Morgan fingerprint density at radius 1 is 1.08 bits per heavy atom. The molecule has 0 saturated carbocycles. The average molecular weight is 323 g/mol. The van der Waals surface area contributed by atoms with Crippen molar-refractivity contribution in [2.24, 2.45) is 0 Å². The van der Waals surface area contributed by atoms with E-state index >= 15 is 0 Å². The highest BCUT2D eigenvalue weighted by molar-refractivity contribution is 6.15. The van der Waals surface area contributed by atoms with Gasteiger partial charge in [-0.05, 0) is 24.6 Å². The molecular weight excluding hydrogens is 306 g/mol. The number of carboxylic acid groups (broad SMARTS) is 1. The van der Waals surface area contributed by atoms with Crippen LogP contribution in [0.3, 0.4) is 0 Å². The first kappa shape index (κ1) is 15.8. The number of rotatable bonds is 5. The average Bonchev–Trinajstić information content (AvgIpc) is 2.90. The number of carbonyl (C=O) groups excluding carboxylic acids is 1. The molecular formula is C19H17NO4. The van der Waals surface area contributed by atoms with Gasteiger partial charge in [-0.3, -0.25) is 9.69 Å². The fourth-order valence-electron chi connectivity index (χ4n) is 2.90. The van der Waals surface area contributed by atoms with Crippen molar-refractivity contribution < 1.29 is 19.4 Å². The van der Waals surface area contributed by atoms with Gasteiger partial charge >= 0.3 is 5.97 Å². The van der Waals surface area contributed by atoms with Crippen LogP contribution >= 0.6 is 0 Å². The topological polar surface area (TPSA) is 66.8 Å². The van der Waals surface area contributed by atoms with Crippen molar-refractivity contribution in [2.45, 2.75) is 13.0 Å². The van der Waals surface area contributed by atoms with E-state index in [1.54, 1.807) is 19.1 Å². The number of benzene rings is 2. The van der Waals surface area contributed by atoms with Crippen molar-refractivity contribution in [1.29, 1.82) is 0 Å². The maximum atomic E-state index is 12.9. The van der Waals surface area contributed by atoms with Crippen molar-refractivity contribution >= 4 is 17.6 Å². The van der Waals surface area contributed by atoms with Crippen LogP contribution in [-0.2, 0) is 14.3 Å². The van der Waals surface area contributed by atoms with Crippen molar-refractivity contribution in [3.63, 3.8) is 0 Å². The van der Waals surface area contributed by atoms with E-state index in [1.165, 1.54) is 4.90 Å². The van der Waals surface area contributed by atoms with Gasteiger partial charge in [0, 0.05) is 5.69 Å². The Hall–Kier alpha value is -3.08. The highest BCUT2D eigenvalue weighted by Crippen LogP contribution is 2.41. The Kier molecular flexibility index (Phi) is 4.33. The molecule has 2 aromatic carbocycles. The van der Waals surface area contributed by atoms with Crippen LogP contribution in [0.1, 0.15) is 18.5 Å². The van der Waals surface area contributed by atoms with Crippen LogP contribution in [0.4, 0.5) is 5.69 Å². The second kappa shape index (κ2) is 6.58. The van der Waals surface area contributed by atoms with E-state index in [9.17, 15) is 14.7 Å². The maximum Gasteiger partial charge on any atom is 0.338 e. The minimum atomic E-state index is -1.15. The molecule has 3 rings (SSSR count). The molecule has 1 N–H and O–H groups in total. The van der Waals surface area contributed by atoms with E-state index in [0.29, 0.717) is 5.69 Å². The van der Waals surface area contributed by atoms with E-state index < -0.39 is 17.9 Å². The normalized spacial score (nSPS) is 17.3. The van der Waals surface area contributed by atoms with E-state index in [-0.39, 0.29) is 17.9 Å². The predicted molar refractivity (Wildman–Crippen MR) is 89.4 cm³/mol. The van der Waals surface area contributed by atoms with Gasteiger partial charge in [0.05, 0.1) is 12.6 Å². The minimum absolute atomic E-state index is 0.0306. The fourth-order valence-corrected chi connectivity index (χ4v) is 2.90. The van der Waals surface area contributed by atoms with Crippen LogP contribution in [0.5, 0.6) is 0 Å². The first-order valence-corrected chi connectivity index (χ1v) is 7.69. The van der Waals surface area contributed by atoms with E-state index in [1.807, 2.05) is 48.5 Å². The molecule has 5 heteroatoms. The fraction of sp³-hybridized carbons (Fsp3) is 0.158. The predicted octanol–water partition coefficient (Wildman–Crippen LogP) is 3.15. The Labute approximate surface area is 139 Å². The number of hydrogen-bond acceptors (Lipinski definition) is 3. The van der Waals surface area contributed by atoms with Crippen LogP contribution in [0, 0.1) is 0 Å². The third kappa shape index (κ3) is 2.65. The van der Waals surface area contributed by atoms with Crippen molar-refractivity contribution in [1.82, 2.24) is 0 Å². The first-order chi connectivity index (χ1) is 11.6. The van der Waals surface area contributed by atoms with Crippen LogP contribution in [0.25, 0.3) is 0 Å². The summed E-state index contributed by atoms with van der Waals surface area (Å²) in [6.07, 6.45) is 0. The van der Waals surface area contributed by atoms with Gasteiger partial charge in [0.15, 0.2) is 5.76 Å². The Morgan fingerprint density at radius 3 is 2.21 bits per heavy atom. The van der Waals surface area contributed by atoms with Gasteiger partial charge < -0.3 is 9.84 Å². The Morgan fingerprint density at radius 2 is 1.67 bits per heavy atom. The van der Waals surface area contributed by atoms with Gasteiger partial charge in [-0.25, -0.2) is 4.79 Å². The van der Waals surface area contributed by atoms with Crippen LogP contribution in [0.2, 0.25) is 0 Å². The van der Waals surface area contributed by atoms with Gasteiger partial charge in [0.1, 0.15) is 5.57 Å². The molecule has 0 radical (unpaired) electrons. The third-order valence-electron chi connectivity index (χ3n) is 3.86. The number of ether oxygens (including phenoxy) is 1. The van der Waals surface area contributed by atoms with Crippen molar-refractivity contribution in [2.75, 3.05) is 11.5 Å². The van der Waals surface area contributed by atoms with Gasteiger partial charge in [-0.2, -0.15) is 0 Å². The summed E-state index contributed by atoms with van der Waals surface area (Å²) in [6, 6.07) is 17.4. The van der Waals surface area contributed by atoms with Crippen LogP contribution < -0.4 is 4.90 Å². The van der Waals surface area contributed by atoms with Gasteiger partial charge in [-0.15, -0.1) is 0 Å². The number of carboxylic acids is 1. The molecule has 1 amide bonds. The molecule has 0 bridgehead atoms. The molecule has 0 saturated heterocycles. The molecule has 0 fully saturated rings. The number of hydrogen-bond donors (Lipinski definition) is 1. The highest BCUT2D eigenvalue weighted by atomic mass is 16.5. The first-order valence-electron chi connectivity index (χ1n) is 7.69. The Balaban J connectivity index is 2.19. The van der Waals surface area contributed by atoms with E-state index in [0.717, 1.165) is 5.56 Å². The van der Waals surface area contributed by atoms with Crippen LogP contribution in [0.15, 0.2) is 72.0 Å². The summed E-state index contributed by atoms with van der Waals surface area (Å²) in [5.41, 5.74) is 1.32. The zero-order chi connectivity index (χ0) is 17.1. The standard InChI is InChI=1S/C19H17NO4/c1-2-24-17-15(19(22)23)16(13-9-5-3-6-10-13)20(18(17)21)14-11-7-4-8-12-14/h3-12,16H,2H2,1H3,(H,22,23). The molecule has 1 heterocycles. The zero-order valence-electron chi connectivity index (χ0n) is 13.2. The second-order valence-electron chi connectivity index (χ2n) is 5.30. The molecule has 1 aliphatic heterocycles. The highest BCUT2D eigenvalue weighted by Gasteiger charge is 2.45. The van der Waals surface area contributed by atoms with Crippen LogP contribution in [-0.4, -0.2) is 23.6 Å². The SMILES string of the molecule is CCOC1=C(C(=O)O)C(c2ccccc2)N(c2ccccc2)C1=O. The van der Waals surface area contributed by atoms with Gasteiger partial charge in [0.2, 0.25) is 0 Å². The van der Waals surface area contributed by atoms with Crippen molar-refractivity contribution in [3.05, 3.63) is 77.6 Å². The Bertz CT molecular complexity index is 784. The largest absolute Gasteiger partial charge is 0.488 e. The number of nitrogens with zero attached hydrogens (tertiary/aromatic N) is 1. The number of aliphatic carboxylic acids is 1. The number of carbonyl (C=O) groups is 2. The molecule has 1 unspecified atom stereocenters. The lowest BCUT2D eigenvalue weighted by Gasteiger charge is -2.26. The third-order valence-corrected chi connectivity index (χ3v) is 3.86. The summed E-state index contributed by atoms with van der Waals surface area (Å²) in [5, 5.41) is 9.71. The van der Waals surface area contributed by atoms with Crippen molar-refractivity contribution in [3.8, 4) is 0 Å². The molecule has 0 spiro atoms. The summed E-state index contributed by atoms with van der Waals surface area (Å²) in [6.45, 7) is 1.95. The molecule has 1 aliphatic rings. The monoisotopic (exact) mass is 323 g/mol. The molecule has 0 aromatic heterocycles.